The van der Waals surface area contributed by atoms with Crippen LogP contribution in [0.15, 0.2) is 23.1 Å². The van der Waals surface area contributed by atoms with Crippen molar-refractivity contribution >= 4 is 15.9 Å². The molecule has 2 saturated heterocycles. The van der Waals surface area contributed by atoms with Gasteiger partial charge < -0.3 is 15.0 Å². The Bertz CT molecular complexity index is 797. The monoisotopic (exact) mass is 395 g/mol. The molecule has 150 valence electrons. The molecule has 2 unspecified atom stereocenters. The number of nitrogens with one attached hydrogen (secondary N) is 2. The van der Waals surface area contributed by atoms with Gasteiger partial charge in [-0.25, -0.2) is 13.1 Å². The Morgan fingerprint density at radius 3 is 2.44 bits per heavy atom. The van der Waals surface area contributed by atoms with Crippen LogP contribution in [0.1, 0.15) is 49.9 Å². The molecule has 2 fully saturated rings. The molecule has 1 aromatic rings. The van der Waals surface area contributed by atoms with Crippen LogP contribution >= 0.6 is 0 Å². The second-order valence-electron chi connectivity index (χ2n) is 7.82. The smallest absolute Gasteiger partial charge is 0.253 e. The lowest BCUT2D eigenvalue weighted by atomic mass is 9.98. The highest BCUT2D eigenvalue weighted by molar-refractivity contribution is 7.89. The molecule has 27 heavy (non-hydrogen) atoms. The van der Waals surface area contributed by atoms with E-state index in [1.54, 1.807) is 30.9 Å². The summed E-state index contributed by atoms with van der Waals surface area (Å²) in [5.74, 6) is 0.0622. The van der Waals surface area contributed by atoms with Crippen molar-refractivity contribution < 1.29 is 17.9 Å². The van der Waals surface area contributed by atoms with Gasteiger partial charge in [-0.1, -0.05) is 0 Å². The second kappa shape index (κ2) is 7.77. The van der Waals surface area contributed by atoms with Crippen LogP contribution in [-0.2, 0) is 10.0 Å². The third-order valence-corrected chi connectivity index (χ3v) is 7.09. The van der Waals surface area contributed by atoms with E-state index in [1.165, 1.54) is 13.2 Å². The molecular formula is C19H29N3O4S. The number of amides is 1. The van der Waals surface area contributed by atoms with E-state index in [0.29, 0.717) is 17.6 Å². The third-order valence-electron chi connectivity index (χ3n) is 5.41. The zero-order valence-corrected chi connectivity index (χ0v) is 17.2. The number of benzene rings is 1. The topological polar surface area (TPSA) is 87.7 Å². The van der Waals surface area contributed by atoms with Crippen LogP contribution in [0.5, 0.6) is 5.75 Å². The van der Waals surface area contributed by atoms with Crippen molar-refractivity contribution in [2.45, 2.75) is 68.6 Å². The van der Waals surface area contributed by atoms with Gasteiger partial charge in [0, 0.05) is 36.8 Å². The summed E-state index contributed by atoms with van der Waals surface area (Å²) in [5, 5.41) is 3.57. The summed E-state index contributed by atoms with van der Waals surface area (Å²) in [5.41, 5.74) is 0.355. The predicted octanol–water partition coefficient (Wildman–Crippen LogP) is 1.74. The van der Waals surface area contributed by atoms with Crippen LogP contribution in [-0.4, -0.2) is 57.5 Å². The van der Waals surface area contributed by atoms with Gasteiger partial charge in [0.15, 0.2) is 0 Å². The molecule has 0 spiro atoms. The molecule has 0 saturated carbocycles. The average Bonchev–Trinajstić information content (AvgIpc) is 2.96. The van der Waals surface area contributed by atoms with E-state index >= 15 is 0 Å². The third kappa shape index (κ3) is 4.28. The molecule has 1 amide bonds. The Morgan fingerprint density at radius 2 is 1.89 bits per heavy atom. The van der Waals surface area contributed by atoms with Crippen LogP contribution in [0.25, 0.3) is 0 Å². The van der Waals surface area contributed by atoms with E-state index < -0.39 is 10.0 Å². The van der Waals surface area contributed by atoms with Crippen LogP contribution in [0.2, 0.25) is 0 Å². The van der Waals surface area contributed by atoms with Gasteiger partial charge >= 0.3 is 0 Å². The Hall–Kier alpha value is -1.64. The minimum Gasteiger partial charge on any atom is -0.495 e. The number of carbonyl (C=O) groups excluding carboxylic acids is 1. The number of sulfonamides is 1. The Kier molecular flexibility index (Phi) is 5.79. The number of hydrogen-bond acceptors (Lipinski definition) is 5. The molecule has 0 aliphatic carbocycles. The Balaban J connectivity index is 1.85. The minimum absolute atomic E-state index is 0.0108. The quantitative estimate of drug-likeness (QED) is 0.766. The fraction of sp³-hybridized carbons (Fsp3) is 0.632. The fourth-order valence-corrected chi connectivity index (χ4v) is 5.55. The van der Waals surface area contributed by atoms with Gasteiger partial charge in [-0.05, 0) is 57.7 Å². The zero-order chi connectivity index (χ0) is 19.8. The molecule has 1 aromatic carbocycles. The first-order chi connectivity index (χ1) is 12.7. The lowest BCUT2D eigenvalue weighted by Crippen LogP contribution is -2.48. The first kappa shape index (κ1) is 20.1. The minimum atomic E-state index is -3.77. The molecule has 0 aromatic heterocycles. The number of carbonyl (C=O) groups is 1. The summed E-state index contributed by atoms with van der Waals surface area (Å²) in [6, 6.07) is 5.46. The molecule has 7 nitrogen and oxygen atoms in total. The number of rotatable bonds is 6. The SMILES string of the molecule is COc1ccc(C(=O)N(C)C2CC3CCC(C2)N3)cc1S(=O)(=O)NC(C)C. The average molecular weight is 396 g/mol. The molecule has 2 bridgehead atoms. The van der Waals surface area contributed by atoms with Crippen molar-refractivity contribution in [1.82, 2.24) is 14.9 Å². The number of hydrogen-bond donors (Lipinski definition) is 2. The first-order valence-corrected chi connectivity index (χ1v) is 10.9. The highest BCUT2D eigenvalue weighted by Crippen LogP contribution is 2.31. The van der Waals surface area contributed by atoms with Crippen molar-refractivity contribution in [2.24, 2.45) is 0 Å². The number of fused-ring (bicyclic) bond motifs is 2. The largest absolute Gasteiger partial charge is 0.495 e. The Morgan fingerprint density at radius 1 is 1.26 bits per heavy atom. The lowest BCUT2D eigenvalue weighted by molar-refractivity contribution is 0.0681. The molecule has 3 rings (SSSR count). The summed E-state index contributed by atoms with van der Waals surface area (Å²) in [6.45, 7) is 3.50. The van der Waals surface area contributed by atoms with Crippen LogP contribution in [0.3, 0.4) is 0 Å². The maximum atomic E-state index is 13.0. The standard InChI is InChI=1S/C19H29N3O4S/c1-12(2)21-27(24,25)18-9-13(5-8-17(18)26-4)19(23)22(3)16-10-14-6-7-15(11-16)20-14/h5,8-9,12,14-16,20-21H,6-7,10-11H2,1-4H3. The molecule has 2 aliphatic heterocycles. The van der Waals surface area contributed by atoms with Crippen LogP contribution in [0, 0.1) is 0 Å². The maximum Gasteiger partial charge on any atom is 0.253 e. The number of ether oxygens (including phenoxy) is 1. The van der Waals surface area contributed by atoms with Crippen molar-refractivity contribution in [3.63, 3.8) is 0 Å². The summed E-state index contributed by atoms with van der Waals surface area (Å²) < 4.78 is 33.0. The molecule has 2 heterocycles. The molecule has 2 N–H and O–H groups in total. The summed E-state index contributed by atoms with van der Waals surface area (Å²) in [6.07, 6.45) is 4.20. The fourth-order valence-electron chi connectivity index (χ4n) is 4.11. The number of nitrogens with zero attached hydrogens (tertiary/aromatic N) is 1. The molecular weight excluding hydrogens is 366 g/mol. The van der Waals surface area contributed by atoms with E-state index in [2.05, 4.69) is 10.0 Å². The van der Waals surface area contributed by atoms with Gasteiger partial charge in [0.05, 0.1) is 7.11 Å². The van der Waals surface area contributed by atoms with Gasteiger partial charge in [0.1, 0.15) is 10.6 Å². The first-order valence-electron chi connectivity index (χ1n) is 9.45. The summed E-state index contributed by atoms with van der Waals surface area (Å²) >= 11 is 0. The lowest BCUT2D eigenvalue weighted by Gasteiger charge is -2.35. The van der Waals surface area contributed by atoms with E-state index in [-0.39, 0.29) is 28.6 Å². The van der Waals surface area contributed by atoms with Gasteiger partial charge in [-0.2, -0.15) is 0 Å². The van der Waals surface area contributed by atoms with E-state index in [0.717, 1.165) is 25.7 Å². The normalized spacial score (nSPS) is 24.9. The van der Waals surface area contributed by atoms with E-state index in [4.69, 9.17) is 4.74 Å². The van der Waals surface area contributed by atoms with E-state index in [1.807, 2.05) is 7.05 Å². The molecule has 8 heteroatoms. The molecule has 2 aliphatic rings. The highest BCUT2D eigenvalue weighted by atomic mass is 32.2. The second-order valence-corrected chi connectivity index (χ2v) is 9.50. The van der Waals surface area contributed by atoms with Crippen LogP contribution in [0.4, 0.5) is 0 Å². The number of methoxy groups -OCH3 is 1. The van der Waals surface area contributed by atoms with Gasteiger partial charge in [0.2, 0.25) is 10.0 Å². The zero-order valence-electron chi connectivity index (χ0n) is 16.4. The maximum absolute atomic E-state index is 13.0. The van der Waals surface area contributed by atoms with Gasteiger partial charge in [-0.15, -0.1) is 0 Å². The highest BCUT2D eigenvalue weighted by Gasteiger charge is 2.36. The Labute approximate surface area is 161 Å². The molecule has 2 atom stereocenters. The van der Waals surface area contributed by atoms with E-state index in [9.17, 15) is 13.2 Å². The van der Waals surface area contributed by atoms with Crippen molar-refractivity contribution in [3.8, 4) is 5.75 Å². The van der Waals surface area contributed by atoms with Gasteiger partial charge in [0.25, 0.3) is 5.91 Å². The van der Waals surface area contributed by atoms with Crippen molar-refractivity contribution in [1.29, 1.82) is 0 Å². The van der Waals surface area contributed by atoms with Crippen molar-refractivity contribution in [2.75, 3.05) is 14.2 Å². The van der Waals surface area contributed by atoms with Crippen LogP contribution < -0.4 is 14.8 Å². The van der Waals surface area contributed by atoms with Gasteiger partial charge in [-0.3, -0.25) is 4.79 Å². The predicted molar refractivity (Wildman–Crippen MR) is 104 cm³/mol. The number of piperidine rings is 1. The summed E-state index contributed by atoms with van der Waals surface area (Å²) in [4.78, 5) is 14.8. The summed E-state index contributed by atoms with van der Waals surface area (Å²) in [7, 11) is -0.545. The van der Waals surface area contributed by atoms with Crippen molar-refractivity contribution in [3.05, 3.63) is 23.8 Å². The molecule has 0 radical (unpaired) electrons.